The summed E-state index contributed by atoms with van der Waals surface area (Å²) in [5.41, 5.74) is 1.74. The van der Waals surface area contributed by atoms with Gasteiger partial charge in [0.15, 0.2) is 11.7 Å². The SMILES string of the molecule is Cc1ccnc(NC(=O)CN(C)C(=O)CCc2ncc(-c3ccccc3Cl)o2)c1. The topological polar surface area (TPSA) is 88.3 Å². The number of carbonyl (C=O) groups excluding carboxylic acids is 2. The molecule has 3 rings (SSSR count). The number of likely N-dealkylation sites (N-methyl/N-ethyl adjacent to an activating group) is 1. The number of pyridine rings is 1. The van der Waals surface area contributed by atoms with Gasteiger partial charge < -0.3 is 14.6 Å². The summed E-state index contributed by atoms with van der Waals surface area (Å²) in [6, 6.07) is 10.9. The number of nitrogens with one attached hydrogen (secondary N) is 1. The molecule has 0 radical (unpaired) electrons. The number of benzene rings is 1. The van der Waals surface area contributed by atoms with Crippen LogP contribution in [0.25, 0.3) is 11.3 Å². The van der Waals surface area contributed by atoms with Crippen LogP contribution in [0.4, 0.5) is 5.82 Å². The minimum Gasteiger partial charge on any atom is -0.441 e. The summed E-state index contributed by atoms with van der Waals surface area (Å²) in [6.45, 7) is 1.84. The van der Waals surface area contributed by atoms with Crippen LogP contribution in [0.2, 0.25) is 5.02 Å². The lowest BCUT2D eigenvalue weighted by Crippen LogP contribution is -2.35. The summed E-state index contributed by atoms with van der Waals surface area (Å²) in [4.78, 5) is 34.1. The molecule has 0 saturated heterocycles. The molecule has 0 aliphatic rings. The maximum atomic E-state index is 12.3. The van der Waals surface area contributed by atoms with Gasteiger partial charge in [-0.1, -0.05) is 23.7 Å². The van der Waals surface area contributed by atoms with Crippen molar-refractivity contribution in [1.29, 1.82) is 0 Å². The number of aromatic nitrogens is 2. The Morgan fingerprint density at radius 3 is 2.76 bits per heavy atom. The highest BCUT2D eigenvalue weighted by Crippen LogP contribution is 2.28. The molecule has 29 heavy (non-hydrogen) atoms. The van der Waals surface area contributed by atoms with Gasteiger partial charge in [-0.3, -0.25) is 9.59 Å². The zero-order chi connectivity index (χ0) is 20.8. The van der Waals surface area contributed by atoms with E-state index in [2.05, 4.69) is 15.3 Å². The van der Waals surface area contributed by atoms with Crippen molar-refractivity contribution in [3.63, 3.8) is 0 Å². The van der Waals surface area contributed by atoms with Gasteiger partial charge in [0.1, 0.15) is 5.82 Å². The molecule has 0 fully saturated rings. The summed E-state index contributed by atoms with van der Waals surface area (Å²) in [5, 5.41) is 3.25. The van der Waals surface area contributed by atoms with Crippen LogP contribution < -0.4 is 5.32 Å². The van der Waals surface area contributed by atoms with Crippen molar-refractivity contribution in [2.75, 3.05) is 18.9 Å². The van der Waals surface area contributed by atoms with Gasteiger partial charge in [-0.05, 0) is 36.8 Å². The minimum atomic E-state index is -0.309. The third-order valence-corrected chi connectivity index (χ3v) is 4.56. The first-order valence-electron chi connectivity index (χ1n) is 9.08. The number of oxazole rings is 1. The molecule has 1 aromatic carbocycles. The second kappa shape index (κ2) is 9.34. The van der Waals surface area contributed by atoms with Crippen molar-refractivity contribution in [3.05, 3.63) is 65.3 Å². The standard InChI is InChI=1S/C21H21ClN4O3/c1-14-9-10-23-18(11-14)25-19(27)13-26(2)21(28)8-7-20-24-12-17(29-20)15-5-3-4-6-16(15)22/h3-6,9-12H,7-8,13H2,1-2H3,(H,23,25,27). The molecule has 150 valence electrons. The highest BCUT2D eigenvalue weighted by molar-refractivity contribution is 6.33. The number of rotatable bonds is 7. The van der Waals surface area contributed by atoms with E-state index in [1.54, 1.807) is 31.6 Å². The van der Waals surface area contributed by atoms with Crippen LogP contribution in [0.5, 0.6) is 0 Å². The molecule has 0 bridgehead atoms. The van der Waals surface area contributed by atoms with Crippen LogP contribution in [0.1, 0.15) is 17.9 Å². The summed E-state index contributed by atoms with van der Waals surface area (Å²) in [6.07, 6.45) is 3.71. The smallest absolute Gasteiger partial charge is 0.245 e. The van der Waals surface area contributed by atoms with Crippen molar-refractivity contribution in [3.8, 4) is 11.3 Å². The van der Waals surface area contributed by atoms with Gasteiger partial charge in [0.2, 0.25) is 11.8 Å². The molecule has 0 aliphatic heterocycles. The van der Waals surface area contributed by atoms with E-state index in [0.29, 0.717) is 28.9 Å². The van der Waals surface area contributed by atoms with E-state index in [1.165, 1.54) is 4.90 Å². The molecule has 7 nitrogen and oxygen atoms in total. The monoisotopic (exact) mass is 412 g/mol. The number of halogens is 1. The molecule has 0 atom stereocenters. The molecule has 2 amide bonds. The van der Waals surface area contributed by atoms with E-state index in [-0.39, 0.29) is 24.8 Å². The van der Waals surface area contributed by atoms with Crippen LogP contribution in [0.3, 0.4) is 0 Å². The first-order valence-corrected chi connectivity index (χ1v) is 9.46. The zero-order valence-corrected chi connectivity index (χ0v) is 16.9. The summed E-state index contributed by atoms with van der Waals surface area (Å²) < 4.78 is 5.70. The van der Waals surface area contributed by atoms with Gasteiger partial charge in [-0.25, -0.2) is 9.97 Å². The number of nitrogens with zero attached hydrogens (tertiary/aromatic N) is 3. The fourth-order valence-corrected chi connectivity index (χ4v) is 2.94. The molecule has 0 aliphatic carbocycles. The number of carbonyl (C=O) groups is 2. The molecular formula is C21H21ClN4O3. The Labute approximate surface area is 173 Å². The molecule has 1 N–H and O–H groups in total. The van der Waals surface area contributed by atoms with E-state index >= 15 is 0 Å². The third-order valence-electron chi connectivity index (χ3n) is 4.24. The molecule has 2 heterocycles. The molecule has 3 aromatic rings. The van der Waals surface area contributed by atoms with E-state index in [0.717, 1.165) is 11.1 Å². The lowest BCUT2D eigenvalue weighted by atomic mass is 10.2. The fourth-order valence-electron chi connectivity index (χ4n) is 2.71. The Bertz CT molecular complexity index is 1020. The number of hydrogen-bond donors (Lipinski definition) is 1. The largest absolute Gasteiger partial charge is 0.441 e. The maximum absolute atomic E-state index is 12.3. The molecule has 2 aromatic heterocycles. The summed E-state index contributed by atoms with van der Waals surface area (Å²) in [7, 11) is 1.58. The van der Waals surface area contributed by atoms with Crippen LogP contribution >= 0.6 is 11.6 Å². The van der Waals surface area contributed by atoms with Crippen LogP contribution in [-0.2, 0) is 16.0 Å². The zero-order valence-electron chi connectivity index (χ0n) is 16.2. The molecular weight excluding hydrogens is 392 g/mol. The molecule has 0 saturated carbocycles. The van der Waals surface area contributed by atoms with E-state index in [9.17, 15) is 9.59 Å². The summed E-state index contributed by atoms with van der Waals surface area (Å²) in [5.74, 6) is 0.958. The van der Waals surface area contributed by atoms with E-state index < -0.39 is 0 Å². The predicted molar refractivity (Wildman–Crippen MR) is 111 cm³/mol. The lowest BCUT2D eigenvalue weighted by molar-refractivity contribution is -0.133. The van der Waals surface area contributed by atoms with E-state index in [1.807, 2.05) is 31.2 Å². The first kappa shape index (κ1) is 20.5. The molecule has 0 unspecified atom stereocenters. The maximum Gasteiger partial charge on any atom is 0.245 e. The van der Waals surface area contributed by atoms with Crippen LogP contribution in [0, 0.1) is 6.92 Å². The highest BCUT2D eigenvalue weighted by atomic mass is 35.5. The second-order valence-corrected chi connectivity index (χ2v) is 7.02. The Morgan fingerprint density at radius 2 is 2.00 bits per heavy atom. The Hall–Kier alpha value is -3.19. The summed E-state index contributed by atoms with van der Waals surface area (Å²) >= 11 is 6.16. The number of hydrogen-bond acceptors (Lipinski definition) is 5. The first-order chi connectivity index (χ1) is 13.9. The minimum absolute atomic E-state index is 0.0646. The fraction of sp³-hybridized carbons (Fsp3) is 0.238. The normalized spacial score (nSPS) is 10.6. The van der Waals surface area contributed by atoms with Crippen LogP contribution in [-0.4, -0.2) is 40.3 Å². The van der Waals surface area contributed by atoms with Gasteiger partial charge in [-0.15, -0.1) is 0 Å². The number of aryl methyl sites for hydroxylation is 2. The van der Waals surface area contributed by atoms with Gasteiger partial charge in [0.25, 0.3) is 0 Å². The van der Waals surface area contributed by atoms with E-state index in [4.69, 9.17) is 16.0 Å². The molecule has 0 spiro atoms. The van der Waals surface area contributed by atoms with Crippen molar-refractivity contribution in [1.82, 2.24) is 14.9 Å². The average molecular weight is 413 g/mol. The average Bonchev–Trinajstić information content (AvgIpc) is 3.15. The Kier molecular flexibility index (Phi) is 6.61. The van der Waals surface area contributed by atoms with Crippen molar-refractivity contribution >= 4 is 29.2 Å². The predicted octanol–water partition coefficient (Wildman–Crippen LogP) is 3.73. The van der Waals surface area contributed by atoms with Crippen molar-refractivity contribution in [2.45, 2.75) is 19.8 Å². The van der Waals surface area contributed by atoms with Gasteiger partial charge in [0, 0.05) is 31.6 Å². The van der Waals surface area contributed by atoms with Gasteiger partial charge in [-0.2, -0.15) is 0 Å². The Morgan fingerprint density at radius 1 is 1.21 bits per heavy atom. The molecule has 8 heteroatoms. The number of anilines is 1. The quantitative estimate of drug-likeness (QED) is 0.638. The van der Waals surface area contributed by atoms with Gasteiger partial charge in [0.05, 0.1) is 17.8 Å². The van der Waals surface area contributed by atoms with Crippen molar-refractivity contribution in [2.24, 2.45) is 0 Å². The Balaban J connectivity index is 1.50. The van der Waals surface area contributed by atoms with Gasteiger partial charge >= 0.3 is 0 Å². The highest BCUT2D eigenvalue weighted by Gasteiger charge is 2.16. The van der Waals surface area contributed by atoms with Crippen LogP contribution in [0.15, 0.2) is 53.2 Å². The number of amides is 2. The van der Waals surface area contributed by atoms with Crippen molar-refractivity contribution < 1.29 is 14.0 Å². The second-order valence-electron chi connectivity index (χ2n) is 6.61. The third kappa shape index (κ3) is 5.65. The lowest BCUT2D eigenvalue weighted by Gasteiger charge is -2.16.